The van der Waals surface area contributed by atoms with Gasteiger partial charge in [0.15, 0.2) is 0 Å². The Bertz CT molecular complexity index is 477. The molecule has 1 unspecified atom stereocenters. The number of esters is 1. The summed E-state index contributed by atoms with van der Waals surface area (Å²) in [6.07, 6.45) is 7.97. The van der Waals surface area contributed by atoms with Crippen LogP contribution in [0.3, 0.4) is 0 Å². The van der Waals surface area contributed by atoms with Crippen molar-refractivity contribution in [1.29, 1.82) is 0 Å². The van der Waals surface area contributed by atoms with Gasteiger partial charge < -0.3 is 14.6 Å². The summed E-state index contributed by atoms with van der Waals surface area (Å²) in [4.78, 5) is 11.8. The molecule has 1 aliphatic carbocycles. The SMILES string of the molecule is CCNC1CCCc2cn(CC(C)(C)C(=O)OC)cc21. The Morgan fingerprint density at radius 3 is 2.90 bits per heavy atom. The molecule has 1 aromatic rings. The van der Waals surface area contributed by atoms with Crippen molar-refractivity contribution in [3.8, 4) is 0 Å². The Kier molecular flexibility index (Phi) is 4.53. The molecular weight excluding hydrogens is 252 g/mol. The fourth-order valence-electron chi connectivity index (χ4n) is 3.10. The van der Waals surface area contributed by atoms with E-state index in [2.05, 4.69) is 29.2 Å². The number of fused-ring (bicyclic) bond motifs is 1. The highest BCUT2D eigenvalue weighted by Crippen LogP contribution is 2.31. The number of aryl methyl sites for hydroxylation is 1. The van der Waals surface area contributed by atoms with E-state index < -0.39 is 5.41 Å². The summed E-state index contributed by atoms with van der Waals surface area (Å²) in [5.41, 5.74) is 2.32. The normalized spacial score (nSPS) is 18.7. The number of nitrogens with one attached hydrogen (secondary N) is 1. The number of rotatable bonds is 5. The van der Waals surface area contributed by atoms with E-state index in [0.29, 0.717) is 12.6 Å². The molecule has 0 aliphatic heterocycles. The molecule has 20 heavy (non-hydrogen) atoms. The quantitative estimate of drug-likeness (QED) is 0.842. The minimum absolute atomic E-state index is 0.160. The lowest BCUT2D eigenvalue weighted by molar-refractivity contribution is -0.151. The molecule has 4 nitrogen and oxygen atoms in total. The molecule has 1 heterocycles. The molecule has 1 aromatic heterocycles. The average Bonchev–Trinajstić information content (AvgIpc) is 2.80. The zero-order valence-electron chi connectivity index (χ0n) is 13.0. The zero-order valence-corrected chi connectivity index (χ0v) is 13.0. The van der Waals surface area contributed by atoms with Gasteiger partial charge in [-0.05, 0) is 50.8 Å². The topological polar surface area (TPSA) is 43.3 Å². The molecule has 0 bridgehead atoms. The van der Waals surface area contributed by atoms with Gasteiger partial charge in [-0.2, -0.15) is 0 Å². The van der Waals surface area contributed by atoms with Gasteiger partial charge in [0, 0.05) is 25.0 Å². The Hall–Kier alpha value is -1.29. The molecule has 1 N–H and O–H groups in total. The molecule has 0 saturated heterocycles. The summed E-state index contributed by atoms with van der Waals surface area (Å²) in [6.45, 7) is 7.65. The second-order valence-corrected chi connectivity index (χ2v) is 6.29. The first-order valence-corrected chi connectivity index (χ1v) is 7.48. The van der Waals surface area contributed by atoms with Crippen LogP contribution < -0.4 is 5.32 Å². The van der Waals surface area contributed by atoms with Crippen molar-refractivity contribution < 1.29 is 9.53 Å². The second kappa shape index (κ2) is 6.00. The summed E-state index contributed by atoms with van der Waals surface area (Å²) in [7, 11) is 1.45. The van der Waals surface area contributed by atoms with Crippen LogP contribution in [0.2, 0.25) is 0 Å². The van der Waals surface area contributed by atoms with E-state index in [1.54, 1.807) is 0 Å². The number of carbonyl (C=O) groups excluding carboxylic acids is 1. The molecule has 0 spiro atoms. The van der Waals surface area contributed by atoms with Crippen LogP contribution in [0.5, 0.6) is 0 Å². The van der Waals surface area contributed by atoms with Crippen molar-refractivity contribution in [2.75, 3.05) is 13.7 Å². The molecule has 0 radical (unpaired) electrons. The average molecular weight is 278 g/mol. The van der Waals surface area contributed by atoms with Crippen LogP contribution in [0.4, 0.5) is 0 Å². The number of carbonyl (C=O) groups is 1. The van der Waals surface area contributed by atoms with Crippen molar-refractivity contribution in [3.05, 3.63) is 23.5 Å². The van der Waals surface area contributed by atoms with Crippen molar-refractivity contribution in [2.45, 2.75) is 52.6 Å². The summed E-state index contributed by atoms with van der Waals surface area (Å²) in [6, 6.07) is 0.464. The Balaban J connectivity index is 2.17. The predicted molar refractivity (Wildman–Crippen MR) is 79.6 cm³/mol. The monoisotopic (exact) mass is 278 g/mol. The van der Waals surface area contributed by atoms with E-state index in [1.165, 1.54) is 31.1 Å². The zero-order chi connectivity index (χ0) is 14.8. The Morgan fingerprint density at radius 1 is 1.50 bits per heavy atom. The molecule has 1 aliphatic rings. The number of methoxy groups -OCH3 is 1. The van der Waals surface area contributed by atoms with Gasteiger partial charge in [0.2, 0.25) is 0 Å². The summed E-state index contributed by atoms with van der Waals surface area (Å²) in [5.74, 6) is -0.160. The highest BCUT2D eigenvalue weighted by molar-refractivity contribution is 5.75. The Labute approximate surface area is 121 Å². The van der Waals surface area contributed by atoms with Gasteiger partial charge in [-0.3, -0.25) is 4.79 Å². The van der Waals surface area contributed by atoms with E-state index >= 15 is 0 Å². The lowest BCUT2D eigenvalue weighted by Crippen LogP contribution is -2.30. The predicted octanol–water partition coefficient (Wildman–Crippen LogP) is 2.67. The van der Waals surface area contributed by atoms with Crippen LogP contribution in [0.15, 0.2) is 12.4 Å². The van der Waals surface area contributed by atoms with E-state index in [0.717, 1.165) is 13.0 Å². The summed E-state index contributed by atoms with van der Waals surface area (Å²) < 4.78 is 7.03. The van der Waals surface area contributed by atoms with E-state index in [-0.39, 0.29) is 5.97 Å². The molecule has 112 valence electrons. The van der Waals surface area contributed by atoms with Gasteiger partial charge in [-0.15, -0.1) is 0 Å². The minimum Gasteiger partial charge on any atom is -0.469 e. The second-order valence-electron chi connectivity index (χ2n) is 6.29. The number of hydrogen-bond donors (Lipinski definition) is 1. The van der Waals surface area contributed by atoms with Crippen molar-refractivity contribution >= 4 is 5.97 Å². The number of ether oxygens (including phenoxy) is 1. The van der Waals surface area contributed by atoms with Crippen LogP contribution in [0.25, 0.3) is 0 Å². The molecule has 2 rings (SSSR count). The summed E-state index contributed by atoms with van der Waals surface area (Å²) >= 11 is 0. The van der Waals surface area contributed by atoms with Gasteiger partial charge in [0.25, 0.3) is 0 Å². The van der Waals surface area contributed by atoms with Crippen molar-refractivity contribution in [2.24, 2.45) is 5.41 Å². The third-order valence-corrected chi connectivity index (χ3v) is 4.08. The molecule has 0 aromatic carbocycles. The largest absolute Gasteiger partial charge is 0.469 e. The van der Waals surface area contributed by atoms with E-state index in [4.69, 9.17) is 4.74 Å². The molecule has 1 atom stereocenters. The van der Waals surface area contributed by atoms with Gasteiger partial charge >= 0.3 is 5.97 Å². The highest BCUT2D eigenvalue weighted by Gasteiger charge is 2.30. The molecular formula is C16H26N2O2. The first kappa shape index (κ1) is 15.1. The van der Waals surface area contributed by atoms with Crippen LogP contribution >= 0.6 is 0 Å². The van der Waals surface area contributed by atoms with Crippen LogP contribution in [-0.4, -0.2) is 24.2 Å². The van der Waals surface area contributed by atoms with E-state index in [9.17, 15) is 4.79 Å². The maximum Gasteiger partial charge on any atom is 0.313 e. The number of nitrogens with zero attached hydrogens (tertiary/aromatic N) is 1. The smallest absolute Gasteiger partial charge is 0.313 e. The molecule has 4 heteroatoms. The first-order valence-electron chi connectivity index (χ1n) is 7.48. The van der Waals surface area contributed by atoms with Crippen molar-refractivity contribution in [3.63, 3.8) is 0 Å². The van der Waals surface area contributed by atoms with Gasteiger partial charge in [-0.25, -0.2) is 0 Å². The lowest BCUT2D eigenvalue weighted by Gasteiger charge is -2.23. The van der Waals surface area contributed by atoms with E-state index in [1.807, 2.05) is 13.8 Å². The molecule has 0 fully saturated rings. The molecule has 0 saturated carbocycles. The third kappa shape index (κ3) is 3.06. The third-order valence-electron chi connectivity index (χ3n) is 4.08. The Morgan fingerprint density at radius 2 is 2.25 bits per heavy atom. The summed E-state index contributed by atoms with van der Waals surface area (Å²) in [5, 5.41) is 3.55. The minimum atomic E-state index is -0.496. The van der Waals surface area contributed by atoms with Gasteiger partial charge in [-0.1, -0.05) is 6.92 Å². The fourth-order valence-corrected chi connectivity index (χ4v) is 3.10. The van der Waals surface area contributed by atoms with Crippen LogP contribution in [0.1, 0.15) is 50.8 Å². The lowest BCUT2D eigenvalue weighted by atomic mass is 9.91. The highest BCUT2D eigenvalue weighted by atomic mass is 16.5. The van der Waals surface area contributed by atoms with Gasteiger partial charge in [0.1, 0.15) is 0 Å². The maximum atomic E-state index is 11.8. The van der Waals surface area contributed by atoms with Crippen molar-refractivity contribution in [1.82, 2.24) is 9.88 Å². The standard InChI is InChI=1S/C16H26N2O2/c1-5-17-14-8-6-7-12-9-18(10-13(12)14)11-16(2,3)15(19)20-4/h9-10,14,17H,5-8,11H2,1-4H3. The first-order chi connectivity index (χ1) is 9.47. The molecule has 0 amide bonds. The number of aromatic nitrogens is 1. The maximum absolute atomic E-state index is 11.8. The number of hydrogen-bond acceptors (Lipinski definition) is 3. The van der Waals surface area contributed by atoms with Crippen LogP contribution in [-0.2, 0) is 22.5 Å². The van der Waals surface area contributed by atoms with Gasteiger partial charge in [0.05, 0.1) is 12.5 Å². The van der Waals surface area contributed by atoms with Crippen LogP contribution in [0, 0.1) is 5.41 Å². The fraction of sp³-hybridized carbons (Fsp3) is 0.688.